The molecule has 0 saturated carbocycles. The van der Waals surface area contributed by atoms with Gasteiger partial charge in [0, 0.05) is 17.8 Å². The fourth-order valence-corrected chi connectivity index (χ4v) is 3.78. The zero-order chi connectivity index (χ0) is 16.7. The molecule has 6 nitrogen and oxygen atoms in total. The van der Waals surface area contributed by atoms with E-state index in [1.54, 1.807) is 24.3 Å². The van der Waals surface area contributed by atoms with Crippen molar-refractivity contribution in [3.05, 3.63) is 29.8 Å². The monoisotopic (exact) mass is 339 g/mol. The van der Waals surface area contributed by atoms with Crippen molar-refractivity contribution in [2.24, 2.45) is 5.92 Å². The van der Waals surface area contributed by atoms with Crippen molar-refractivity contribution >= 4 is 21.6 Å². The molecule has 1 amide bonds. The van der Waals surface area contributed by atoms with Crippen LogP contribution in [0.15, 0.2) is 24.3 Å². The average molecular weight is 339 g/mol. The van der Waals surface area contributed by atoms with E-state index in [2.05, 4.69) is 15.4 Å². The van der Waals surface area contributed by atoms with Crippen LogP contribution >= 0.6 is 0 Å². The maximum atomic E-state index is 12.1. The minimum Gasteiger partial charge on any atom is -0.352 e. The highest BCUT2D eigenvalue weighted by Gasteiger charge is 2.14. The molecule has 1 aromatic carbocycles. The molecule has 3 N–H and O–H groups in total. The number of benzene rings is 1. The molecular weight excluding hydrogens is 314 g/mol. The third kappa shape index (κ3) is 5.84. The Kier molecular flexibility index (Phi) is 6.41. The number of carbonyl (C=O) groups is 1. The van der Waals surface area contributed by atoms with E-state index in [0.29, 0.717) is 30.1 Å². The van der Waals surface area contributed by atoms with Crippen molar-refractivity contribution in [2.75, 3.05) is 30.1 Å². The summed E-state index contributed by atoms with van der Waals surface area (Å²) in [5.74, 6) is 0.607. The van der Waals surface area contributed by atoms with Gasteiger partial charge >= 0.3 is 0 Å². The Hall–Kier alpha value is -1.60. The quantitative estimate of drug-likeness (QED) is 0.671. The molecule has 1 unspecified atom stereocenters. The summed E-state index contributed by atoms with van der Waals surface area (Å²) in [7, 11) is -3.30. The van der Waals surface area contributed by atoms with Crippen molar-refractivity contribution in [3.8, 4) is 0 Å². The molecule has 0 aliphatic carbocycles. The van der Waals surface area contributed by atoms with Crippen LogP contribution in [-0.4, -0.2) is 39.7 Å². The van der Waals surface area contributed by atoms with Crippen molar-refractivity contribution in [1.29, 1.82) is 0 Å². The first kappa shape index (κ1) is 17.7. The summed E-state index contributed by atoms with van der Waals surface area (Å²) in [6.07, 6.45) is 2.71. The van der Waals surface area contributed by atoms with Crippen LogP contribution < -0.4 is 15.4 Å². The topological polar surface area (TPSA) is 87.3 Å². The Bertz CT molecular complexity index is 608. The molecule has 23 heavy (non-hydrogen) atoms. The van der Waals surface area contributed by atoms with Gasteiger partial charge in [0.25, 0.3) is 5.91 Å². The van der Waals surface area contributed by atoms with Crippen LogP contribution in [0.4, 0.5) is 5.69 Å². The summed E-state index contributed by atoms with van der Waals surface area (Å²) in [5, 5.41) is 6.22. The number of hydrogen-bond acceptors (Lipinski definition) is 4. The number of carbonyl (C=O) groups excluding carboxylic acids is 1. The highest BCUT2D eigenvalue weighted by atomic mass is 32.2. The number of nitrogens with one attached hydrogen (secondary N) is 3. The summed E-state index contributed by atoms with van der Waals surface area (Å²) in [4.78, 5) is 12.1. The molecule has 1 saturated heterocycles. The van der Waals surface area contributed by atoms with E-state index in [1.165, 1.54) is 6.42 Å². The fraction of sp³-hybridized carbons (Fsp3) is 0.562. The van der Waals surface area contributed by atoms with Gasteiger partial charge < -0.3 is 10.6 Å². The number of amides is 1. The number of hydrogen-bond donors (Lipinski definition) is 3. The van der Waals surface area contributed by atoms with E-state index in [9.17, 15) is 13.2 Å². The van der Waals surface area contributed by atoms with Gasteiger partial charge in [-0.3, -0.25) is 9.52 Å². The number of rotatable bonds is 8. The predicted molar refractivity (Wildman–Crippen MR) is 92.1 cm³/mol. The van der Waals surface area contributed by atoms with Crippen molar-refractivity contribution in [1.82, 2.24) is 10.6 Å². The van der Waals surface area contributed by atoms with E-state index in [0.717, 1.165) is 19.5 Å². The van der Waals surface area contributed by atoms with Gasteiger partial charge in [-0.2, -0.15) is 0 Å². The normalized spacial score (nSPS) is 17.9. The largest absolute Gasteiger partial charge is 0.352 e. The molecule has 128 valence electrons. The van der Waals surface area contributed by atoms with Crippen LogP contribution in [0.1, 0.15) is 36.5 Å². The SMILES string of the molecule is CCCS(=O)(=O)Nc1ccc(C(=O)NCCC2CCNC2)cc1. The summed E-state index contributed by atoms with van der Waals surface area (Å²) in [6, 6.07) is 6.50. The molecule has 1 heterocycles. The second-order valence-electron chi connectivity index (χ2n) is 5.90. The van der Waals surface area contributed by atoms with Crippen LogP contribution in [0.5, 0.6) is 0 Å². The Labute approximate surface area is 138 Å². The van der Waals surface area contributed by atoms with E-state index in [-0.39, 0.29) is 11.7 Å². The molecule has 1 atom stereocenters. The lowest BCUT2D eigenvalue weighted by Gasteiger charge is -2.10. The second kappa shape index (κ2) is 8.31. The summed E-state index contributed by atoms with van der Waals surface area (Å²) in [6.45, 7) is 4.57. The third-order valence-electron chi connectivity index (χ3n) is 3.89. The highest BCUT2D eigenvalue weighted by Crippen LogP contribution is 2.13. The van der Waals surface area contributed by atoms with Gasteiger partial charge in [0.1, 0.15) is 0 Å². The number of anilines is 1. The van der Waals surface area contributed by atoms with Gasteiger partial charge in [0.15, 0.2) is 0 Å². The molecule has 0 bridgehead atoms. The highest BCUT2D eigenvalue weighted by molar-refractivity contribution is 7.92. The first-order valence-corrected chi connectivity index (χ1v) is 9.75. The molecule has 1 aromatic rings. The van der Waals surface area contributed by atoms with E-state index >= 15 is 0 Å². The van der Waals surface area contributed by atoms with Gasteiger partial charge in [0.05, 0.1) is 5.75 Å². The van der Waals surface area contributed by atoms with Crippen LogP contribution in [0.3, 0.4) is 0 Å². The van der Waals surface area contributed by atoms with Crippen LogP contribution in [0.25, 0.3) is 0 Å². The van der Waals surface area contributed by atoms with Crippen LogP contribution in [0.2, 0.25) is 0 Å². The van der Waals surface area contributed by atoms with E-state index in [4.69, 9.17) is 0 Å². The van der Waals surface area contributed by atoms with Crippen molar-refractivity contribution in [2.45, 2.75) is 26.2 Å². The fourth-order valence-electron chi connectivity index (χ4n) is 2.64. The lowest BCUT2D eigenvalue weighted by molar-refractivity contribution is 0.0951. The van der Waals surface area contributed by atoms with E-state index in [1.807, 2.05) is 6.92 Å². The predicted octanol–water partition coefficient (Wildman–Crippen LogP) is 1.57. The molecule has 2 rings (SSSR count). The minimum atomic E-state index is -3.30. The lowest BCUT2D eigenvalue weighted by Crippen LogP contribution is -2.26. The molecule has 1 aliphatic rings. The Morgan fingerprint density at radius 2 is 2.04 bits per heavy atom. The Morgan fingerprint density at radius 3 is 2.65 bits per heavy atom. The zero-order valence-electron chi connectivity index (χ0n) is 13.5. The molecular formula is C16H25N3O3S. The number of sulfonamides is 1. The molecule has 7 heteroatoms. The summed E-state index contributed by atoms with van der Waals surface area (Å²) in [5.41, 5.74) is 1.01. The van der Waals surface area contributed by atoms with Crippen LogP contribution in [0, 0.1) is 5.92 Å². The van der Waals surface area contributed by atoms with Gasteiger partial charge in [-0.1, -0.05) is 6.92 Å². The molecule has 1 fully saturated rings. The maximum Gasteiger partial charge on any atom is 0.251 e. The zero-order valence-corrected chi connectivity index (χ0v) is 14.3. The second-order valence-corrected chi connectivity index (χ2v) is 7.74. The summed E-state index contributed by atoms with van der Waals surface area (Å²) < 4.78 is 25.9. The van der Waals surface area contributed by atoms with Crippen molar-refractivity contribution in [3.63, 3.8) is 0 Å². The third-order valence-corrected chi connectivity index (χ3v) is 5.39. The Morgan fingerprint density at radius 1 is 1.30 bits per heavy atom. The van der Waals surface area contributed by atoms with Crippen LogP contribution in [-0.2, 0) is 10.0 Å². The standard InChI is InChI=1S/C16H25N3O3S/c1-2-11-23(21,22)19-15-5-3-14(4-6-15)16(20)18-10-8-13-7-9-17-12-13/h3-6,13,17,19H,2,7-12H2,1H3,(H,18,20). The van der Waals surface area contributed by atoms with E-state index < -0.39 is 10.0 Å². The minimum absolute atomic E-state index is 0.0886. The summed E-state index contributed by atoms with van der Waals surface area (Å²) >= 11 is 0. The van der Waals surface area contributed by atoms with Crippen molar-refractivity contribution < 1.29 is 13.2 Å². The van der Waals surface area contributed by atoms with Gasteiger partial charge in [-0.05, 0) is 62.5 Å². The lowest BCUT2D eigenvalue weighted by atomic mass is 10.1. The van der Waals surface area contributed by atoms with Gasteiger partial charge in [0.2, 0.25) is 10.0 Å². The molecule has 0 aromatic heterocycles. The van der Waals surface area contributed by atoms with Gasteiger partial charge in [-0.15, -0.1) is 0 Å². The molecule has 0 spiro atoms. The first-order valence-electron chi connectivity index (χ1n) is 8.09. The smallest absolute Gasteiger partial charge is 0.251 e. The molecule has 1 aliphatic heterocycles. The Balaban J connectivity index is 1.82. The first-order chi connectivity index (χ1) is 11.0. The van der Waals surface area contributed by atoms with Gasteiger partial charge in [-0.25, -0.2) is 8.42 Å². The molecule has 0 radical (unpaired) electrons. The maximum absolute atomic E-state index is 12.1. The average Bonchev–Trinajstić information content (AvgIpc) is 3.00.